The van der Waals surface area contributed by atoms with Gasteiger partial charge in [0.2, 0.25) is 0 Å². The second-order valence-corrected chi connectivity index (χ2v) is 11.7. The van der Waals surface area contributed by atoms with E-state index in [1.807, 2.05) is 12.1 Å². The number of halogens is 2. The maximum atomic E-state index is 15.2. The van der Waals surface area contributed by atoms with E-state index < -0.39 is 17.7 Å². The summed E-state index contributed by atoms with van der Waals surface area (Å²) in [5, 5.41) is 3.14. The van der Waals surface area contributed by atoms with Crippen LogP contribution in [0.25, 0.3) is 22.4 Å². The summed E-state index contributed by atoms with van der Waals surface area (Å²) in [6.07, 6.45) is 8.10. The van der Waals surface area contributed by atoms with Gasteiger partial charge in [0.1, 0.15) is 22.9 Å². The minimum absolute atomic E-state index is 0.230. The van der Waals surface area contributed by atoms with Crippen molar-refractivity contribution in [2.75, 3.05) is 0 Å². The number of carbonyl (C=O) groups is 1. The van der Waals surface area contributed by atoms with Crippen molar-refractivity contribution in [2.45, 2.75) is 63.6 Å². The molecule has 1 unspecified atom stereocenters. The molecule has 3 aliphatic rings. The highest BCUT2D eigenvalue weighted by molar-refractivity contribution is 6.30. The molecule has 3 fully saturated rings. The molecule has 3 aromatic heterocycles. The predicted molar refractivity (Wildman–Crippen MR) is 147 cm³/mol. The lowest BCUT2D eigenvalue weighted by atomic mass is 9.83. The first-order valence-electron chi connectivity index (χ1n) is 13.8. The summed E-state index contributed by atoms with van der Waals surface area (Å²) >= 11 is 6.37. The molecule has 40 heavy (non-hydrogen) atoms. The highest BCUT2D eigenvalue weighted by atomic mass is 35.5. The number of nitrogens with one attached hydrogen (secondary N) is 2. The number of amides is 1. The van der Waals surface area contributed by atoms with Gasteiger partial charge in [-0.3, -0.25) is 10.3 Å². The van der Waals surface area contributed by atoms with E-state index >= 15 is 4.39 Å². The highest BCUT2D eigenvalue weighted by Crippen LogP contribution is 2.54. The zero-order chi connectivity index (χ0) is 27.4. The largest absolute Gasteiger partial charge is 0.427 e. The Balaban J connectivity index is 1.46. The van der Waals surface area contributed by atoms with E-state index in [-0.39, 0.29) is 5.82 Å². The number of carbonyl (C=O) groups excluding carboxylic acids is 1. The van der Waals surface area contributed by atoms with E-state index in [0.29, 0.717) is 39.2 Å². The number of aromatic nitrogens is 5. The number of hydrogen-bond acceptors (Lipinski definition) is 7. The van der Waals surface area contributed by atoms with Crippen molar-refractivity contribution in [2.24, 2.45) is 11.8 Å². The van der Waals surface area contributed by atoms with Gasteiger partial charge in [0.25, 0.3) is 0 Å². The Morgan fingerprint density at radius 3 is 2.62 bits per heavy atom. The fraction of sp³-hybridized carbons (Fsp3) is 0.414. The fourth-order valence-electron chi connectivity index (χ4n) is 6.23. The van der Waals surface area contributed by atoms with Crippen LogP contribution in [0.5, 0.6) is 0 Å². The summed E-state index contributed by atoms with van der Waals surface area (Å²) in [4.78, 5) is 35.8. The van der Waals surface area contributed by atoms with Gasteiger partial charge in [-0.2, -0.15) is 0 Å². The van der Waals surface area contributed by atoms with Gasteiger partial charge in [-0.15, -0.1) is 5.48 Å². The Morgan fingerprint density at radius 1 is 1.12 bits per heavy atom. The molecule has 1 atom stereocenters. The van der Waals surface area contributed by atoms with Crippen LogP contribution >= 0.6 is 11.6 Å². The van der Waals surface area contributed by atoms with Gasteiger partial charge < -0.3 is 9.40 Å². The van der Waals surface area contributed by atoms with Crippen molar-refractivity contribution in [1.82, 2.24) is 35.3 Å². The van der Waals surface area contributed by atoms with E-state index in [1.54, 1.807) is 24.5 Å². The zero-order valence-electron chi connectivity index (χ0n) is 22.0. The van der Waals surface area contributed by atoms with Crippen molar-refractivity contribution >= 4 is 28.9 Å². The van der Waals surface area contributed by atoms with Crippen molar-refractivity contribution in [3.63, 3.8) is 0 Å². The van der Waals surface area contributed by atoms with E-state index in [0.717, 1.165) is 49.5 Å². The van der Waals surface area contributed by atoms with Crippen LogP contribution in [0.4, 0.5) is 9.18 Å². The average Bonchev–Trinajstić information content (AvgIpc) is 3.50. The van der Waals surface area contributed by atoms with Gasteiger partial charge in [-0.05, 0) is 49.7 Å². The summed E-state index contributed by atoms with van der Waals surface area (Å²) in [6, 6.07) is 8.78. The zero-order valence-corrected chi connectivity index (χ0v) is 22.8. The van der Waals surface area contributed by atoms with Gasteiger partial charge in [0.15, 0.2) is 17.6 Å². The monoisotopic (exact) mass is 561 g/mol. The molecule has 7 rings (SSSR count). The standard InChI is InChI=1S/C29H29ClFN7O2/c1-16-6-8-17(9-7-16)15-38-23-22(18-12-19(30)14-32-13-18)33-25(26-36-28(39)40-37-26)34-24(23)35-27(38)29(10-11-29)20-4-2-3-5-21(20)31/h2-5,12-14,16-17,26,37H,6-11,15H2,1H3,(H,36,39). The Morgan fingerprint density at radius 2 is 1.93 bits per heavy atom. The first-order valence-corrected chi connectivity index (χ1v) is 14.2. The number of hydroxylamine groups is 1. The first kappa shape index (κ1) is 25.3. The van der Waals surface area contributed by atoms with Crippen LogP contribution in [0.3, 0.4) is 0 Å². The molecular weight excluding hydrogens is 533 g/mol. The number of pyridine rings is 1. The SMILES string of the molecule is CC1CCC(Cn2c(C3(c4ccccc4F)CC3)nc3nc(C4NOC(=O)N4)nc(-c4cncc(Cl)c4)c32)CC1. The molecule has 1 aromatic carbocycles. The lowest BCUT2D eigenvalue weighted by Gasteiger charge is -2.28. The van der Waals surface area contributed by atoms with Crippen LogP contribution in [-0.4, -0.2) is 30.6 Å². The molecule has 0 radical (unpaired) electrons. The molecule has 4 heterocycles. The van der Waals surface area contributed by atoms with Crippen molar-refractivity contribution in [1.29, 1.82) is 0 Å². The van der Waals surface area contributed by atoms with Crippen LogP contribution < -0.4 is 10.8 Å². The predicted octanol–water partition coefficient (Wildman–Crippen LogP) is 5.83. The quantitative estimate of drug-likeness (QED) is 0.305. The van der Waals surface area contributed by atoms with Crippen LogP contribution in [0.15, 0.2) is 42.7 Å². The molecule has 2 N–H and O–H groups in total. The second kappa shape index (κ2) is 9.78. The van der Waals surface area contributed by atoms with E-state index in [1.165, 1.54) is 18.9 Å². The minimum atomic E-state index is -0.752. The Hall–Kier alpha value is -3.63. The first-order chi connectivity index (χ1) is 19.4. The molecule has 4 aromatic rings. The molecular formula is C29H29ClFN7O2. The van der Waals surface area contributed by atoms with E-state index in [2.05, 4.69) is 27.3 Å². The third-order valence-electron chi connectivity index (χ3n) is 8.53. The number of nitrogens with zero attached hydrogens (tertiary/aromatic N) is 5. The molecule has 0 bridgehead atoms. The Labute approximate surface area is 235 Å². The molecule has 9 nitrogen and oxygen atoms in total. The van der Waals surface area contributed by atoms with Crippen LogP contribution in [0, 0.1) is 17.7 Å². The topological polar surface area (TPSA) is 107 Å². The molecule has 1 aliphatic heterocycles. The van der Waals surface area contributed by atoms with Gasteiger partial charge in [-0.1, -0.05) is 49.6 Å². The maximum Gasteiger partial charge on any atom is 0.427 e. The van der Waals surface area contributed by atoms with Gasteiger partial charge in [0, 0.05) is 30.1 Å². The van der Waals surface area contributed by atoms with Gasteiger partial charge in [0.05, 0.1) is 10.4 Å². The third kappa shape index (κ3) is 4.39. The molecule has 2 aliphatic carbocycles. The van der Waals surface area contributed by atoms with E-state index in [4.69, 9.17) is 31.4 Å². The number of fused-ring (bicyclic) bond motifs is 1. The highest BCUT2D eigenvalue weighted by Gasteiger charge is 2.52. The number of hydrogen-bond donors (Lipinski definition) is 2. The smallest absolute Gasteiger partial charge is 0.351 e. The van der Waals surface area contributed by atoms with Gasteiger partial charge in [-0.25, -0.2) is 24.1 Å². The Kier molecular flexibility index (Phi) is 6.20. The van der Waals surface area contributed by atoms with Crippen LogP contribution in [-0.2, 0) is 16.8 Å². The minimum Gasteiger partial charge on any atom is -0.351 e. The van der Waals surface area contributed by atoms with Crippen LogP contribution in [0.2, 0.25) is 5.02 Å². The molecule has 206 valence electrons. The normalized spacial score (nSPS) is 23.7. The van der Waals surface area contributed by atoms with Crippen molar-refractivity contribution in [3.05, 3.63) is 70.8 Å². The molecule has 11 heteroatoms. The summed E-state index contributed by atoms with van der Waals surface area (Å²) in [5.74, 6) is 2.04. The number of rotatable bonds is 6. The molecule has 0 spiro atoms. The second-order valence-electron chi connectivity index (χ2n) is 11.3. The lowest BCUT2D eigenvalue weighted by molar-refractivity contribution is 0.120. The molecule has 2 saturated carbocycles. The number of imidazole rings is 1. The number of benzene rings is 1. The maximum absolute atomic E-state index is 15.2. The van der Waals surface area contributed by atoms with Crippen molar-refractivity contribution in [3.8, 4) is 11.3 Å². The summed E-state index contributed by atoms with van der Waals surface area (Å²) in [5.41, 5.74) is 5.28. The lowest BCUT2D eigenvalue weighted by Crippen LogP contribution is -2.25. The molecule has 1 saturated heterocycles. The molecule has 1 amide bonds. The van der Waals surface area contributed by atoms with Crippen LogP contribution in [0.1, 0.15) is 68.8 Å². The van der Waals surface area contributed by atoms with Crippen molar-refractivity contribution < 1.29 is 14.0 Å². The van der Waals surface area contributed by atoms with Gasteiger partial charge >= 0.3 is 6.09 Å². The summed E-state index contributed by atoms with van der Waals surface area (Å²) in [6.45, 7) is 3.05. The Bertz CT molecular complexity index is 1610. The average molecular weight is 562 g/mol. The summed E-state index contributed by atoms with van der Waals surface area (Å²) < 4.78 is 17.5. The third-order valence-corrected chi connectivity index (χ3v) is 8.74. The summed E-state index contributed by atoms with van der Waals surface area (Å²) in [7, 11) is 0. The fourth-order valence-corrected chi connectivity index (χ4v) is 6.41. The van der Waals surface area contributed by atoms with E-state index in [9.17, 15) is 4.79 Å².